The summed E-state index contributed by atoms with van der Waals surface area (Å²) in [6.45, 7) is 10.9. The first-order chi connectivity index (χ1) is 13.5. The molecule has 0 radical (unpaired) electrons. The second-order valence-corrected chi connectivity index (χ2v) is 7.98. The van der Waals surface area contributed by atoms with Crippen LogP contribution < -0.4 is 9.64 Å². The van der Waals surface area contributed by atoms with E-state index in [2.05, 4.69) is 73.7 Å². The van der Waals surface area contributed by atoms with Crippen molar-refractivity contribution in [1.82, 2.24) is 9.61 Å². The molecule has 3 aromatic rings. The molecular formula is C23H31N3OS. The first-order valence-electron chi connectivity index (χ1n) is 10.0. The molecule has 0 unspecified atom stereocenters. The summed E-state index contributed by atoms with van der Waals surface area (Å²) in [5.74, 6) is 0.897. The molecule has 0 aliphatic rings. The van der Waals surface area contributed by atoms with E-state index in [1.54, 1.807) is 18.9 Å². The van der Waals surface area contributed by atoms with Crippen LogP contribution in [0.2, 0.25) is 0 Å². The van der Waals surface area contributed by atoms with E-state index in [9.17, 15) is 0 Å². The summed E-state index contributed by atoms with van der Waals surface area (Å²) < 4.78 is 7.57. The van der Waals surface area contributed by atoms with Crippen molar-refractivity contribution in [2.24, 2.45) is 0 Å². The molecule has 2 aromatic heterocycles. The van der Waals surface area contributed by atoms with Gasteiger partial charge in [0, 0.05) is 18.7 Å². The quantitative estimate of drug-likeness (QED) is 0.438. The fourth-order valence-corrected chi connectivity index (χ4v) is 4.57. The highest BCUT2D eigenvalue weighted by Gasteiger charge is 2.21. The van der Waals surface area contributed by atoms with Crippen molar-refractivity contribution < 1.29 is 4.74 Å². The molecule has 0 atom stereocenters. The molecule has 0 aliphatic carbocycles. The summed E-state index contributed by atoms with van der Waals surface area (Å²) in [4.78, 5) is 2.49. The number of ether oxygens (including phenoxy) is 1. The van der Waals surface area contributed by atoms with Crippen LogP contribution in [0.4, 0.5) is 5.69 Å². The molecule has 150 valence electrons. The molecule has 0 fully saturated rings. The van der Waals surface area contributed by atoms with Crippen molar-refractivity contribution in [2.75, 3.05) is 31.4 Å². The number of fused-ring (bicyclic) bond motifs is 1. The van der Waals surface area contributed by atoms with Gasteiger partial charge >= 0.3 is 0 Å². The summed E-state index contributed by atoms with van der Waals surface area (Å²) in [6, 6.07) is 10.7. The van der Waals surface area contributed by atoms with Gasteiger partial charge in [0.05, 0.1) is 24.0 Å². The Bertz CT molecular complexity index is 935. The van der Waals surface area contributed by atoms with Gasteiger partial charge in [0.1, 0.15) is 10.8 Å². The van der Waals surface area contributed by atoms with Crippen molar-refractivity contribution >= 4 is 23.0 Å². The molecule has 5 heteroatoms. The van der Waals surface area contributed by atoms with E-state index in [0.717, 1.165) is 42.4 Å². The lowest BCUT2D eigenvalue weighted by Crippen LogP contribution is -2.25. The normalized spacial score (nSPS) is 11.2. The highest BCUT2D eigenvalue weighted by Crippen LogP contribution is 2.37. The molecule has 4 nitrogen and oxygen atoms in total. The molecule has 0 saturated heterocycles. The number of thioether (sulfide) groups is 1. The number of rotatable bonds is 8. The van der Waals surface area contributed by atoms with Gasteiger partial charge in [0.2, 0.25) is 0 Å². The van der Waals surface area contributed by atoms with Crippen LogP contribution in [0.25, 0.3) is 16.8 Å². The van der Waals surface area contributed by atoms with Gasteiger partial charge in [-0.05, 0) is 68.3 Å². The van der Waals surface area contributed by atoms with Crippen molar-refractivity contribution in [1.29, 1.82) is 0 Å². The van der Waals surface area contributed by atoms with Gasteiger partial charge in [0.15, 0.2) is 0 Å². The summed E-state index contributed by atoms with van der Waals surface area (Å²) >= 11 is 1.73. The highest BCUT2D eigenvalue weighted by atomic mass is 32.2. The van der Waals surface area contributed by atoms with Gasteiger partial charge in [-0.3, -0.25) is 0 Å². The second-order valence-electron chi connectivity index (χ2n) is 7.19. The minimum atomic E-state index is 0.897. The maximum Gasteiger partial charge on any atom is 0.142 e. The number of anilines is 1. The number of hydrogen-bond donors (Lipinski definition) is 0. The standard InChI is InChI=1S/C23H31N3OS/c1-7-12-25(13-8-2)22-20-11-9-10-19(26(20)24-23(22)28-6)21-16(3)14-18(27-5)15-17(21)4/h9-11,14-15H,7-8,12-13H2,1-6H3. The SMILES string of the molecule is CCCN(CCC)c1c(SC)nn2c(-c3c(C)cc(OC)cc3C)cccc12. The van der Waals surface area contributed by atoms with Gasteiger partial charge in [-0.25, -0.2) is 4.52 Å². The topological polar surface area (TPSA) is 29.8 Å². The monoisotopic (exact) mass is 397 g/mol. The van der Waals surface area contributed by atoms with Crippen LogP contribution in [0.3, 0.4) is 0 Å². The Kier molecular flexibility index (Phi) is 6.55. The number of aryl methyl sites for hydroxylation is 2. The van der Waals surface area contributed by atoms with Crippen molar-refractivity contribution in [2.45, 2.75) is 45.6 Å². The summed E-state index contributed by atoms with van der Waals surface area (Å²) in [5, 5.41) is 6.12. The van der Waals surface area contributed by atoms with Crippen molar-refractivity contribution in [3.63, 3.8) is 0 Å². The molecule has 0 bridgehead atoms. The van der Waals surface area contributed by atoms with Crippen LogP contribution in [0.5, 0.6) is 5.75 Å². The molecule has 0 aliphatic heterocycles. The Morgan fingerprint density at radius 2 is 1.71 bits per heavy atom. The van der Waals surface area contributed by atoms with Crippen LogP contribution in [-0.4, -0.2) is 36.1 Å². The molecule has 28 heavy (non-hydrogen) atoms. The van der Waals surface area contributed by atoms with Gasteiger partial charge in [-0.2, -0.15) is 5.10 Å². The van der Waals surface area contributed by atoms with Crippen molar-refractivity contribution in [3.8, 4) is 17.0 Å². The lowest BCUT2D eigenvalue weighted by molar-refractivity contribution is 0.414. The van der Waals surface area contributed by atoms with E-state index in [1.807, 2.05) is 0 Å². The smallest absolute Gasteiger partial charge is 0.142 e. The van der Waals surface area contributed by atoms with Crippen LogP contribution in [0.1, 0.15) is 37.8 Å². The van der Waals surface area contributed by atoms with Crippen LogP contribution >= 0.6 is 11.8 Å². The third kappa shape index (κ3) is 3.72. The first-order valence-corrected chi connectivity index (χ1v) is 11.2. The average molecular weight is 398 g/mol. The molecule has 0 amide bonds. The fourth-order valence-electron chi connectivity index (χ4n) is 3.98. The van der Waals surface area contributed by atoms with E-state index in [4.69, 9.17) is 9.84 Å². The minimum absolute atomic E-state index is 0.897. The molecule has 3 rings (SSSR count). The predicted molar refractivity (Wildman–Crippen MR) is 121 cm³/mol. The third-order valence-electron chi connectivity index (χ3n) is 5.10. The van der Waals surface area contributed by atoms with E-state index >= 15 is 0 Å². The van der Waals surface area contributed by atoms with Crippen molar-refractivity contribution in [3.05, 3.63) is 41.5 Å². The molecule has 2 heterocycles. The molecule has 0 saturated carbocycles. The minimum Gasteiger partial charge on any atom is -0.497 e. The number of pyridine rings is 1. The zero-order valence-electron chi connectivity index (χ0n) is 17.9. The first kappa shape index (κ1) is 20.6. The Morgan fingerprint density at radius 1 is 1.07 bits per heavy atom. The lowest BCUT2D eigenvalue weighted by atomic mass is 9.99. The summed E-state index contributed by atoms with van der Waals surface area (Å²) in [7, 11) is 1.72. The number of benzene rings is 1. The van der Waals surface area contributed by atoms with Gasteiger partial charge in [0.25, 0.3) is 0 Å². The van der Waals surface area contributed by atoms with Gasteiger partial charge in [-0.15, -0.1) is 11.8 Å². The average Bonchev–Trinajstić information content (AvgIpc) is 3.06. The largest absolute Gasteiger partial charge is 0.497 e. The number of aromatic nitrogens is 2. The van der Waals surface area contributed by atoms with E-state index in [-0.39, 0.29) is 0 Å². The molecule has 0 N–H and O–H groups in total. The maximum absolute atomic E-state index is 5.45. The Morgan fingerprint density at radius 3 is 2.25 bits per heavy atom. The van der Waals surface area contributed by atoms with E-state index < -0.39 is 0 Å². The van der Waals surface area contributed by atoms with Gasteiger partial charge in [-0.1, -0.05) is 19.9 Å². The number of hydrogen-bond acceptors (Lipinski definition) is 4. The lowest BCUT2D eigenvalue weighted by Gasteiger charge is -2.23. The maximum atomic E-state index is 5.45. The summed E-state index contributed by atoms with van der Waals surface area (Å²) in [5.41, 5.74) is 7.20. The van der Waals surface area contributed by atoms with E-state index in [0.29, 0.717) is 0 Å². The predicted octanol–water partition coefficient (Wildman–Crippen LogP) is 5.98. The number of nitrogens with zero attached hydrogens (tertiary/aromatic N) is 3. The second kappa shape index (κ2) is 8.91. The zero-order chi connectivity index (χ0) is 20.3. The molecule has 0 spiro atoms. The zero-order valence-corrected chi connectivity index (χ0v) is 18.7. The molecule has 1 aromatic carbocycles. The fraction of sp³-hybridized carbons (Fsp3) is 0.435. The Labute approximate surface area is 172 Å². The van der Waals surface area contributed by atoms with Crippen LogP contribution in [0, 0.1) is 13.8 Å². The van der Waals surface area contributed by atoms with Gasteiger partial charge < -0.3 is 9.64 Å². The highest BCUT2D eigenvalue weighted by molar-refractivity contribution is 7.98. The Hall–Kier alpha value is -2.14. The van der Waals surface area contributed by atoms with Crippen LogP contribution in [0.15, 0.2) is 35.4 Å². The summed E-state index contributed by atoms with van der Waals surface area (Å²) in [6.07, 6.45) is 4.37. The van der Waals surface area contributed by atoms with E-state index in [1.165, 1.54) is 27.9 Å². The Balaban J connectivity index is 2.25. The third-order valence-corrected chi connectivity index (χ3v) is 5.76. The number of methoxy groups -OCH3 is 1. The van der Waals surface area contributed by atoms with Crippen LogP contribution in [-0.2, 0) is 0 Å². The molecular weight excluding hydrogens is 366 g/mol.